The van der Waals surface area contributed by atoms with E-state index in [0.717, 1.165) is 5.56 Å². The monoisotopic (exact) mass is 383 g/mol. The van der Waals surface area contributed by atoms with E-state index in [2.05, 4.69) is 10.5 Å². The van der Waals surface area contributed by atoms with Crippen LogP contribution in [0.5, 0.6) is 0 Å². The molecule has 2 rings (SSSR count). The molecule has 8 heteroatoms. The van der Waals surface area contributed by atoms with Gasteiger partial charge >= 0.3 is 0 Å². The van der Waals surface area contributed by atoms with Crippen molar-refractivity contribution < 1.29 is 14.1 Å². The molecule has 0 saturated heterocycles. The Morgan fingerprint density at radius 1 is 1.28 bits per heavy atom. The zero-order valence-corrected chi connectivity index (χ0v) is 15.5. The summed E-state index contributed by atoms with van der Waals surface area (Å²) in [7, 11) is 0. The van der Waals surface area contributed by atoms with Crippen LogP contribution in [-0.2, 0) is 16.0 Å². The predicted octanol–water partition coefficient (Wildman–Crippen LogP) is 3.39. The fraction of sp³-hybridized carbons (Fsp3) is 0.353. The molecule has 0 bridgehead atoms. The number of anilines is 1. The second-order valence-corrected chi connectivity index (χ2v) is 6.40. The average Bonchev–Trinajstić information content (AvgIpc) is 2.95. The highest BCUT2D eigenvalue weighted by Gasteiger charge is 2.16. The number of nitrogens with one attached hydrogen (secondary N) is 1. The van der Waals surface area contributed by atoms with E-state index in [4.69, 9.17) is 27.7 Å². The number of aryl methyl sites for hydroxylation is 1. The maximum atomic E-state index is 12.0. The maximum absolute atomic E-state index is 12.0. The lowest BCUT2D eigenvalue weighted by Gasteiger charge is -2.17. The molecule has 1 aromatic carbocycles. The summed E-state index contributed by atoms with van der Waals surface area (Å²) in [6, 6.07) is 6.92. The van der Waals surface area contributed by atoms with Gasteiger partial charge in [0.25, 0.3) is 0 Å². The molecule has 0 saturated carbocycles. The van der Waals surface area contributed by atoms with E-state index in [0.29, 0.717) is 34.6 Å². The van der Waals surface area contributed by atoms with Crippen molar-refractivity contribution in [2.75, 3.05) is 18.0 Å². The summed E-state index contributed by atoms with van der Waals surface area (Å²) in [5.41, 5.74) is 0.912. The highest BCUT2D eigenvalue weighted by atomic mass is 35.5. The first-order valence-corrected chi connectivity index (χ1v) is 8.54. The molecule has 25 heavy (non-hydrogen) atoms. The summed E-state index contributed by atoms with van der Waals surface area (Å²) in [5, 5.41) is 7.77. The minimum Gasteiger partial charge on any atom is -0.360 e. The van der Waals surface area contributed by atoms with Gasteiger partial charge in [-0.05, 0) is 31.0 Å². The van der Waals surface area contributed by atoms with Gasteiger partial charge in [-0.1, -0.05) is 34.4 Å². The van der Waals surface area contributed by atoms with Gasteiger partial charge in [0.05, 0.1) is 0 Å². The molecule has 1 N–H and O–H groups in total. The van der Waals surface area contributed by atoms with E-state index in [1.54, 1.807) is 25.1 Å². The van der Waals surface area contributed by atoms with Crippen LogP contribution in [0.15, 0.2) is 28.8 Å². The zero-order valence-electron chi connectivity index (χ0n) is 14.0. The van der Waals surface area contributed by atoms with Crippen LogP contribution in [-0.4, -0.2) is 30.1 Å². The Bertz CT molecular complexity index is 761. The van der Waals surface area contributed by atoms with Crippen LogP contribution in [0.2, 0.25) is 10.0 Å². The molecule has 0 spiro atoms. The van der Waals surface area contributed by atoms with Gasteiger partial charge in [0.15, 0.2) is 5.82 Å². The van der Waals surface area contributed by atoms with Gasteiger partial charge in [-0.2, -0.15) is 0 Å². The molecule has 6 nitrogen and oxygen atoms in total. The lowest BCUT2D eigenvalue weighted by Crippen LogP contribution is -2.34. The van der Waals surface area contributed by atoms with Crippen LogP contribution in [0.4, 0.5) is 5.82 Å². The number of amides is 2. The quantitative estimate of drug-likeness (QED) is 0.794. The minimum atomic E-state index is -0.200. The second kappa shape index (κ2) is 8.87. The molecule has 0 fully saturated rings. The second-order valence-electron chi connectivity index (χ2n) is 5.55. The largest absolute Gasteiger partial charge is 0.360 e. The topological polar surface area (TPSA) is 75.4 Å². The van der Waals surface area contributed by atoms with Crippen molar-refractivity contribution in [3.63, 3.8) is 0 Å². The SMILES string of the molecule is CC(=O)N(CCC(=O)NCCc1ccc(Cl)cc1Cl)c1cc(C)on1. The molecular weight excluding hydrogens is 365 g/mol. The average molecular weight is 384 g/mol. The molecule has 134 valence electrons. The minimum absolute atomic E-state index is 0.156. The van der Waals surface area contributed by atoms with E-state index in [1.807, 2.05) is 6.07 Å². The molecular formula is C17H19Cl2N3O3. The van der Waals surface area contributed by atoms with Crippen LogP contribution < -0.4 is 10.2 Å². The van der Waals surface area contributed by atoms with Gasteiger partial charge in [-0.15, -0.1) is 0 Å². The summed E-state index contributed by atoms with van der Waals surface area (Å²) in [6.45, 7) is 3.84. The highest BCUT2D eigenvalue weighted by Crippen LogP contribution is 2.21. The van der Waals surface area contributed by atoms with Crippen LogP contribution in [0.1, 0.15) is 24.7 Å². The number of benzene rings is 1. The molecule has 0 aliphatic rings. The fourth-order valence-electron chi connectivity index (χ4n) is 2.28. The van der Waals surface area contributed by atoms with Gasteiger partial charge in [-0.25, -0.2) is 0 Å². The third-order valence-corrected chi connectivity index (χ3v) is 4.15. The summed E-state index contributed by atoms with van der Waals surface area (Å²) < 4.78 is 4.97. The Morgan fingerprint density at radius 2 is 2.04 bits per heavy atom. The number of aromatic nitrogens is 1. The maximum Gasteiger partial charge on any atom is 0.225 e. The van der Waals surface area contributed by atoms with Crippen molar-refractivity contribution in [2.45, 2.75) is 26.7 Å². The van der Waals surface area contributed by atoms with E-state index in [-0.39, 0.29) is 24.8 Å². The molecule has 2 amide bonds. The van der Waals surface area contributed by atoms with Crippen LogP contribution in [0.25, 0.3) is 0 Å². The number of rotatable bonds is 7. The first kappa shape index (κ1) is 19.3. The third kappa shape index (κ3) is 5.76. The molecule has 1 aromatic heterocycles. The number of hydrogen-bond acceptors (Lipinski definition) is 4. The normalized spacial score (nSPS) is 10.6. The Kier molecular flexibility index (Phi) is 6.84. The fourth-order valence-corrected chi connectivity index (χ4v) is 2.78. The third-order valence-electron chi connectivity index (χ3n) is 3.57. The molecule has 0 radical (unpaired) electrons. The molecule has 0 aliphatic carbocycles. The number of carbonyl (C=O) groups excluding carboxylic acids is 2. The first-order valence-electron chi connectivity index (χ1n) is 7.79. The van der Waals surface area contributed by atoms with Crippen LogP contribution in [0.3, 0.4) is 0 Å². The molecule has 0 atom stereocenters. The number of nitrogens with zero attached hydrogens (tertiary/aromatic N) is 2. The summed E-state index contributed by atoms with van der Waals surface area (Å²) in [6.07, 6.45) is 0.764. The number of halogens is 2. The summed E-state index contributed by atoms with van der Waals surface area (Å²) in [5.74, 6) is 0.655. The zero-order chi connectivity index (χ0) is 18.4. The van der Waals surface area contributed by atoms with Gasteiger partial charge in [0.1, 0.15) is 5.76 Å². The molecule has 0 aliphatic heterocycles. The van der Waals surface area contributed by atoms with Gasteiger partial charge in [0.2, 0.25) is 11.8 Å². The van der Waals surface area contributed by atoms with Crippen molar-refractivity contribution >= 4 is 40.8 Å². The summed E-state index contributed by atoms with van der Waals surface area (Å²) >= 11 is 11.9. The molecule has 1 heterocycles. The Hall–Kier alpha value is -2.05. The van der Waals surface area contributed by atoms with E-state index in [9.17, 15) is 9.59 Å². The Balaban J connectivity index is 1.80. The molecule has 2 aromatic rings. The van der Waals surface area contributed by atoms with E-state index >= 15 is 0 Å². The van der Waals surface area contributed by atoms with Gasteiger partial charge in [-0.3, -0.25) is 14.5 Å². The lowest BCUT2D eigenvalue weighted by molar-refractivity contribution is -0.121. The van der Waals surface area contributed by atoms with Crippen molar-refractivity contribution in [3.8, 4) is 0 Å². The molecule has 0 unspecified atom stereocenters. The van der Waals surface area contributed by atoms with Gasteiger partial charge in [0, 0.05) is 42.5 Å². The van der Waals surface area contributed by atoms with Crippen molar-refractivity contribution in [2.24, 2.45) is 0 Å². The number of hydrogen-bond donors (Lipinski definition) is 1. The van der Waals surface area contributed by atoms with Crippen LogP contribution in [0, 0.1) is 6.92 Å². The number of carbonyl (C=O) groups is 2. The van der Waals surface area contributed by atoms with Gasteiger partial charge < -0.3 is 9.84 Å². The van der Waals surface area contributed by atoms with Crippen molar-refractivity contribution in [1.29, 1.82) is 0 Å². The van der Waals surface area contributed by atoms with Crippen molar-refractivity contribution in [1.82, 2.24) is 10.5 Å². The highest BCUT2D eigenvalue weighted by molar-refractivity contribution is 6.35. The van der Waals surface area contributed by atoms with E-state index < -0.39 is 0 Å². The summed E-state index contributed by atoms with van der Waals surface area (Å²) in [4.78, 5) is 25.1. The Labute approximate surface area is 156 Å². The first-order chi connectivity index (χ1) is 11.9. The van der Waals surface area contributed by atoms with Crippen LogP contribution >= 0.6 is 23.2 Å². The Morgan fingerprint density at radius 3 is 2.64 bits per heavy atom. The predicted molar refractivity (Wildman–Crippen MR) is 97.1 cm³/mol. The smallest absolute Gasteiger partial charge is 0.225 e. The van der Waals surface area contributed by atoms with Crippen molar-refractivity contribution in [3.05, 3.63) is 45.6 Å². The standard InChI is InChI=1S/C17H19Cl2N3O3/c1-11-9-16(21-25-11)22(12(2)23)8-6-17(24)20-7-5-13-3-4-14(18)10-15(13)19/h3-4,9-10H,5-8H2,1-2H3,(H,20,24). The lowest BCUT2D eigenvalue weighted by atomic mass is 10.1. The van der Waals surface area contributed by atoms with E-state index in [1.165, 1.54) is 11.8 Å².